The van der Waals surface area contributed by atoms with Crippen molar-refractivity contribution in [3.8, 4) is 0 Å². The molecular formula is C18H30N4O3S2. The molecule has 152 valence electrons. The van der Waals surface area contributed by atoms with Crippen LogP contribution in [0.5, 0.6) is 0 Å². The molecule has 0 amide bonds. The summed E-state index contributed by atoms with van der Waals surface area (Å²) in [5.74, 6) is 1.39. The second-order valence-corrected chi connectivity index (χ2v) is 10.3. The SMILES string of the molecule is CCNC(=NCc1cccc(S(N)(=O)=O)c1)NC1CCCC(S(=O)CC)C1. The van der Waals surface area contributed by atoms with Gasteiger partial charge in [0.1, 0.15) is 0 Å². The van der Waals surface area contributed by atoms with Gasteiger partial charge in [0, 0.05) is 34.4 Å². The zero-order valence-corrected chi connectivity index (χ0v) is 17.6. The number of nitrogens with two attached hydrogens (primary N) is 1. The van der Waals surface area contributed by atoms with E-state index in [1.165, 1.54) is 6.07 Å². The zero-order chi connectivity index (χ0) is 19.9. The molecule has 1 aliphatic rings. The lowest BCUT2D eigenvalue weighted by atomic mass is 9.95. The van der Waals surface area contributed by atoms with Crippen LogP contribution in [0, 0.1) is 0 Å². The Kier molecular flexibility index (Phi) is 8.25. The number of primary sulfonamides is 1. The number of nitrogens with one attached hydrogen (secondary N) is 2. The van der Waals surface area contributed by atoms with Crippen LogP contribution in [0.3, 0.4) is 0 Å². The van der Waals surface area contributed by atoms with E-state index in [-0.39, 0.29) is 16.2 Å². The molecule has 1 aromatic rings. The van der Waals surface area contributed by atoms with E-state index >= 15 is 0 Å². The van der Waals surface area contributed by atoms with Crippen molar-refractivity contribution in [3.05, 3.63) is 29.8 Å². The van der Waals surface area contributed by atoms with Crippen molar-refractivity contribution < 1.29 is 12.6 Å². The Morgan fingerprint density at radius 3 is 2.78 bits per heavy atom. The fraction of sp³-hybridized carbons (Fsp3) is 0.611. The highest BCUT2D eigenvalue weighted by atomic mass is 32.2. The highest BCUT2D eigenvalue weighted by Crippen LogP contribution is 2.23. The van der Waals surface area contributed by atoms with Gasteiger partial charge >= 0.3 is 0 Å². The highest BCUT2D eigenvalue weighted by Gasteiger charge is 2.26. The Balaban J connectivity index is 2.05. The van der Waals surface area contributed by atoms with E-state index < -0.39 is 20.8 Å². The molecule has 7 nitrogen and oxygen atoms in total. The fourth-order valence-electron chi connectivity index (χ4n) is 3.26. The molecule has 3 unspecified atom stereocenters. The van der Waals surface area contributed by atoms with Gasteiger partial charge in [-0.2, -0.15) is 0 Å². The van der Waals surface area contributed by atoms with Gasteiger partial charge in [-0.15, -0.1) is 0 Å². The van der Waals surface area contributed by atoms with E-state index in [0.29, 0.717) is 18.3 Å². The number of hydrogen-bond acceptors (Lipinski definition) is 4. The van der Waals surface area contributed by atoms with Crippen LogP contribution in [0.25, 0.3) is 0 Å². The Morgan fingerprint density at radius 2 is 2.11 bits per heavy atom. The third kappa shape index (κ3) is 6.90. The normalized spacial score (nSPS) is 22.3. The number of rotatable bonds is 7. The molecule has 2 rings (SSSR count). The van der Waals surface area contributed by atoms with Crippen molar-refractivity contribution in [1.29, 1.82) is 0 Å². The predicted molar refractivity (Wildman–Crippen MR) is 110 cm³/mol. The van der Waals surface area contributed by atoms with Crippen molar-refractivity contribution in [2.45, 2.75) is 62.3 Å². The molecule has 1 saturated carbocycles. The van der Waals surface area contributed by atoms with E-state index in [1.807, 2.05) is 19.9 Å². The lowest BCUT2D eigenvalue weighted by Gasteiger charge is -2.30. The second-order valence-electron chi connectivity index (χ2n) is 6.69. The molecule has 0 heterocycles. The molecule has 1 aliphatic carbocycles. The molecule has 0 saturated heterocycles. The maximum absolute atomic E-state index is 12.1. The van der Waals surface area contributed by atoms with Gasteiger partial charge in [-0.25, -0.2) is 18.5 Å². The number of hydrogen-bond donors (Lipinski definition) is 3. The Morgan fingerprint density at radius 1 is 1.33 bits per heavy atom. The van der Waals surface area contributed by atoms with Crippen molar-refractivity contribution in [2.24, 2.45) is 10.1 Å². The molecular weight excluding hydrogens is 384 g/mol. The number of benzene rings is 1. The van der Waals surface area contributed by atoms with Gasteiger partial charge in [0.05, 0.1) is 11.4 Å². The summed E-state index contributed by atoms with van der Waals surface area (Å²) in [5.41, 5.74) is 0.771. The molecule has 27 heavy (non-hydrogen) atoms. The quantitative estimate of drug-likeness (QED) is 0.462. The van der Waals surface area contributed by atoms with Crippen LogP contribution < -0.4 is 15.8 Å². The van der Waals surface area contributed by atoms with Crippen LogP contribution >= 0.6 is 0 Å². The summed E-state index contributed by atoms with van der Waals surface area (Å²) in [5, 5.41) is 12.1. The topological polar surface area (TPSA) is 114 Å². The third-order valence-electron chi connectivity index (χ3n) is 4.61. The van der Waals surface area contributed by atoms with E-state index in [9.17, 15) is 12.6 Å². The van der Waals surface area contributed by atoms with Gasteiger partial charge in [-0.1, -0.05) is 25.5 Å². The molecule has 0 aromatic heterocycles. The molecule has 1 fully saturated rings. The molecule has 9 heteroatoms. The lowest BCUT2D eigenvalue weighted by Crippen LogP contribution is -2.46. The van der Waals surface area contributed by atoms with Crippen LogP contribution in [-0.2, 0) is 27.4 Å². The average molecular weight is 415 g/mol. The van der Waals surface area contributed by atoms with Gasteiger partial charge < -0.3 is 10.6 Å². The van der Waals surface area contributed by atoms with E-state index in [0.717, 1.165) is 37.8 Å². The Labute approximate surface area is 164 Å². The first-order valence-corrected chi connectivity index (χ1v) is 12.3. The minimum absolute atomic E-state index is 0.0883. The molecule has 0 spiro atoms. The van der Waals surface area contributed by atoms with E-state index in [2.05, 4.69) is 15.6 Å². The third-order valence-corrected chi connectivity index (χ3v) is 7.27. The van der Waals surface area contributed by atoms with Gasteiger partial charge in [0.2, 0.25) is 10.0 Å². The maximum Gasteiger partial charge on any atom is 0.238 e. The van der Waals surface area contributed by atoms with Gasteiger partial charge in [0.25, 0.3) is 0 Å². The van der Waals surface area contributed by atoms with Crippen molar-refractivity contribution >= 4 is 26.8 Å². The molecule has 4 N–H and O–H groups in total. The van der Waals surface area contributed by atoms with E-state index in [1.54, 1.807) is 12.1 Å². The Hall–Kier alpha value is -1.45. The first kappa shape index (κ1) is 21.8. The molecule has 0 radical (unpaired) electrons. The largest absolute Gasteiger partial charge is 0.357 e. The smallest absolute Gasteiger partial charge is 0.238 e. The minimum Gasteiger partial charge on any atom is -0.357 e. The lowest BCUT2D eigenvalue weighted by molar-refractivity contribution is 0.413. The summed E-state index contributed by atoms with van der Waals surface area (Å²) in [4.78, 5) is 4.66. The van der Waals surface area contributed by atoms with Crippen molar-refractivity contribution in [1.82, 2.24) is 10.6 Å². The predicted octanol–water partition coefficient (Wildman–Crippen LogP) is 1.47. The van der Waals surface area contributed by atoms with Crippen LogP contribution in [0.1, 0.15) is 45.1 Å². The minimum atomic E-state index is -3.72. The van der Waals surface area contributed by atoms with E-state index in [4.69, 9.17) is 5.14 Å². The fourth-order valence-corrected chi connectivity index (χ4v) is 5.19. The molecule has 0 bridgehead atoms. The van der Waals surface area contributed by atoms with Crippen molar-refractivity contribution in [3.63, 3.8) is 0 Å². The number of guanidine groups is 1. The summed E-state index contributed by atoms with van der Waals surface area (Å²) in [7, 11) is -4.49. The summed E-state index contributed by atoms with van der Waals surface area (Å²) in [6, 6.07) is 6.75. The van der Waals surface area contributed by atoms with Crippen LogP contribution in [0.4, 0.5) is 0 Å². The second kappa shape index (κ2) is 10.2. The summed E-state index contributed by atoms with van der Waals surface area (Å²) in [6.45, 7) is 5.03. The number of aliphatic imine (C=N–C) groups is 1. The first-order chi connectivity index (χ1) is 12.8. The van der Waals surface area contributed by atoms with Crippen LogP contribution in [0.15, 0.2) is 34.2 Å². The summed E-state index contributed by atoms with van der Waals surface area (Å²) < 4.78 is 35.1. The molecule has 1 aromatic carbocycles. The van der Waals surface area contributed by atoms with Crippen LogP contribution in [-0.4, -0.2) is 42.2 Å². The number of sulfonamides is 1. The number of nitrogens with zero attached hydrogens (tertiary/aromatic N) is 1. The standard InChI is InChI=1S/C18H30N4O3S2/c1-3-20-18(22-15-8-6-9-16(12-15)26(23)4-2)21-13-14-7-5-10-17(11-14)27(19,24)25/h5,7,10-11,15-16H,3-4,6,8-9,12-13H2,1-2H3,(H2,19,24,25)(H2,20,21,22). The van der Waals surface area contributed by atoms with Crippen molar-refractivity contribution in [2.75, 3.05) is 12.3 Å². The first-order valence-electron chi connectivity index (χ1n) is 9.37. The summed E-state index contributed by atoms with van der Waals surface area (Å²) in [6.07, 6.45) is 3.99. The van der Waals surface area contributed by atoms with Crippen LogP contribution in [0.2, 0.25) is 0 Å². The Bertz CT molecular complexity index is 781. The monoisotopic (exact) mass is 414 g/mol. The highest BCUT2D eigenvalue weighted by molar-refractivity contribution is 7.89. The molecule has 3 atom stereocenters. The average Bonchev–Trinajstić information content (AvgIpc) is 2.65. The van der Waals surface area contributed by atoms with Gasteiger partial charge in [-0.3, -0.25) is 4.21 Å². The van der Waals surface area contributed by atoms with Gasteiger partial charge in [-0.05, 0) is 43.9 Å². The maximum atomic E-state index is 12.1. The summed E-state index contributed by atoms with van der Waals surface area (Å²) >= 11 is 0. The zero-order valence-electron chi connectivity index (χ0n) is 16.0. The molecule has 0 aliphatic heterocycles. The van der Waals surface area contributed by atoms with Gasteiger partial charge in [0.15, 0.2) is 5.96 Å².